The van der Waals surface area contributed by atoms with Crippen molar-refractivity contribution in [3.8, 4) is 5.75 Å². The Bertz CT molecular complexity index is 1470. The highest BCUT2D eigenvalue weighted by molar-refractivity contribution is 6.15. The third kappa shape index (κ3) is 3.55. The van der Waals surface area contributed by atoms with Crippen LogP contribution in [0.5, 0.6) is 5.75 Å². The smallest absolute Gasteiger partial charge is 0.291 e. The normalized spacial score (nSPS) is 17.4. The van der Waals surface area contributed by atoms with E-state index >= 15 is 0 Å². The number of nitrogens with one attached hydrogen (secondary N) is 1. The first-order valence-corrected chi connectivity index (χ1v) is 11.1. The lowest BCUT2D eigenvalue weighted by Crippen LogP contribution is -2.36. The van der Waals surface area contributed by atoms with Crippen LogP contribution in [0.3, 0.4) is 0 Å². The molecule has 0 aliphatic carbocycles. The first kappa shape index (κ1) is 21.9. The van der Waals surface area contributed by atoms with Gasteiger partial charge in [0.1, 0.15) is 22.8 Å². The fourth-order valence-corrected chi connectivity index (χ4v) is 4.67. The van der Waals surface area contributed by atoms with Crippen molar-refractivity contribution < 1.29 is 23.1 Å². The Hall–Kier alpha value is -3.93. The van der Waals surface area contributed by atoms with Gasteiger partial charge in [0, 0.05) is 16.6 Å². The molecule has 3 aromatic carbocycles. The Labute approximate surface area is 196 Å². The second kappa shape index (κ2) is 7.83. The SMILES string of the molecule is Cc1ccc(NC(=O)c2oc3ccc4c(c3c2C)C(=O)C[C@](C)(c2ccc(F)cc2)O4)c(C)c1. The number of furan rings is 1. The molecule has 0 saturated heterocycles. The summed E-state index contributed by atoms with van der Waals surface area (Å²) in [6, 6.07) is 15.1. The molecule has 0 radical (unpaired) electrons. The molecule has 2 heterocycles. The number of aryl methyl sites for hydroxylation is 3. The number of ketones is 1. The highest BCUT2D eigenvalue weighted by Crippen LogP contribution is 2.44. The lowest BCUT2D eigenvalue weighted by Gasteiger charge is -2.35. The van der Waals surface area contributed by atoms with Crippen LogP contribution >= 0.6 is 0 Å². The van der Waals surface area contributed by atoms with Crippen LogP contribution in [0, 0.1) is 26.6 Å². The maximum atomic E-state index is 13.4. The number of rotatable bonds is 3. The number of carbonyl (C=O) groups excluding carboxylic acids is 2. The number of hydrogen-bond donors (Lipinski definition) is 1. The van der Waals surface area contributed by atoms with Gasteiger partial charge in [-0.2, -0.15) is 0 Å². The van der Waals surface area contributed by atoms with Gasteiger partial charge in [-0.15, -0.1) is 0 Å². The Morgan fingerprint density at radius 1 is 1.03 bits per heavy atom. The standard InChI is InChI=1S/C28H24FNO4/c1-15-5-10-20(16(2)13-15)30-27(32)26-17(3)24-22(33-26)11-12-23-25(24)21(31)14-28(4,34-23)18-6-8-19(29)9-7-18/h5-13H,14H2,1-4H3,(H,30,32)/t28-/m1/s1. The van der Waals surface area contributed by atoms with Crippen LogP contribution in [0.25, 0.3) is 11.0 Å². The number of anilines is 1. The van der Waals surface area contributed by atoms with E-state index in [-0.39, 0.29) is 29.7 Å². The van der Waals surface area contributed by atoms with Gasteiger partial charge >= 0.3 is 0 Å². The highest BCUT2D eigenvalue weighted by atomic mass is 19.1. The number of fused-ring (bicyclic) bond motifs is 3. The molecule has 0 unspecified atom stereocenters. The van der Waals surface area contributed by atoms with Crippen LogP contribution in [-0.2, 0) is 5.60 Å². The van der Waals surface area contributed by atoms with E-state index in [4.69, 9.17) is 9.15 Å². The lowest BCUT2D eigenvalue weighted by molar-refractivity contribution is 0.0507. The fourth-order valence-electron chi connectivity index (χ4n) is 4.67. The van der Waals surface area contributed by atoms with Crippen LogP contribution in [0.15, 0.2) is 59.0 Å². The first-order chi connectivity index (χ1) is 16.2. The molecule has 0 bridgehead atoms. The Morgan fingerprint density at radius 3 is 2.47 bits per heavy atom. The highest BCUT2D eigenvalue weighted by Gasteiger charge is 2.40. The van der Waals surface area contributed by atoms with Crippen molar-refractivity contribution in [3.05, 3.63) is 94.0 Å². The van der Waals surface area contributed by atoms with Crippen LogP contribution in [0.2, 0.25) is 0 Å². The molecule has 6 heteroatoms. The van der Waals surface area contributed by atoms with E-state index in [1.54, 1.807) is 31.2 Å². The molecule has 1 aromatic heterocycles. The number of hydrogen-bond acceptors (Lipinski definition) is 4. The van der Waals surface area contributed by atoms with Crippen LogP contribution < -0.4 is 10.1 Å². The zero-order valence-electron chi connectivity index (χ0n) is 19.4. The van der Waals surface area contributed by atoms with Gasteiger partial charge in [0.25, 0.3) is 5.91 Å². The summed E-state index contributed by atoms with van der Waals surface area (Å²) >= 11 is 0. The van der Waals surface area contributed by atoms with Gasteiger partial charge in [-0.05, 0) is 69.2 Å². The van der Waals surface area contributed by atoms with Gasteiger partial charge in [0.05, 0.1) is 12.0 Å². The average Bonchev–Trinajstić information content (AvgIpc) is 3.12. The minimum Gasteiger partial charge on any atom is -0.482 e. The van der Waals surface area contributed by atoms with Crippen molar-refractivity contribution in [2.45, 2.75) is 39.7 Å². The van der Waals surface area contributed by atoms with E-state index in [9.17, 15) is 14.0 Å². The quantitative estimate of drug-likeness (QED) is 0.375. The molecule has 1 N–H and O–H groups in total. The van der Waals surface area contributed by atoms with Gasteiger partial charge in [0.15, 0.2) is 11.5 Å². The second-order valence-electron chi connectivity index (χ2n) is 9.08. The molecule has 172 valence electrons. The van der Waals surface area contributed by atoms with Crippen molar-refractivity contribution in [1.29, 1.82) is 0 Å². The average molecular weight is 458 g/mol. The molecule has 1 aliphatic rings. The van der Waals surface area contributed by atoms with Crippen molar-refractivity contribution in [2.75, 3.05) is 5.32 Å². The van der Waals surface area contributed by atoms with Crippen molar-refractivity contribution in [1.82, 2.24) is 0 Å². The zero-order chi connectivity index (χ0) is 24.2. The predicted molar refractivity (Wildman–Crippen MR) is 128 cm³/mol. The van der Waals surface area contributed by atoms with E-state index in [1.165, 1.54) is 12.1 Å². The zero-order valence-corrected chi connectivity index (χ0v) is 19.4. The topological polar surface area (TPSA) is 68.5 Å². The molecule has 5 rings (SSSR count). The summed E-state index contributed by atoms with van der Waals surface area (Å²) in [6.45, 7) is 7.50. The van der Waals surface area contributed by atoms with Crippen molar-refractivity contribution in [2.24, 2.45) is 0 Å². The molecule has 0 fully saturated rings. The molecule has 4 aromatic rings. The summed E-state index contributed by atoms with van der Waals surface area (Å²) in [5.74, 6) is -0.278. The fraction of sp³-hybridized carbons (Fsp3) is 0.214. The van der Waals surface area contributed by atoms with Gasteiger partial charge in [0.2, 0.25) is 0 Å². The second-order valence-corrected chi connectivity index (χ2v) is 9.08. The summed E-state index contributed by atoms with van der Waals surface area (Å²) in [6.07, 6.45) is 0.0828. The summed E-state index contributed by atoms with van der Waals surface area (Å²) in [4.78, 5) is 26.4. The summed E-state index contributed by atoms with van der Waals surface area (Å²) in [5, 5.41) is 3.48. The molecular weight excluding hydrogens is 433 g/mol. The third-order valence-electron chi connectivity index (χ3n) is 6.46. The molecule has 5 nitrogen and oxygen atoms in total. The van der Waals surface area contributed by atoms with Crippen molar-refractivity contribution in [3.63, 3.8) is 0 Å². The monoisotopic (exact) mass is 457 g/mol. The first-order valence-electron chi connectivity index (χ1n) is 11.1. The molecule has 34 heavy (non-hydrogen) atoms. The van der Waals surface area contributed by atoms with Gasteiger partial charge < -0.3 is 14.5 Å². The minimum absolute atomic E-state index is 0.0828. The molecule has 1 atom stereocenters. The number of amides is 1. The molecule has 1 amide bonds. The Balaban J connectivity index is 1.53. The number of ether oxygens (including phenoxy) is 1. The summed E-state index contributed by atoms with van der Waals surface area (Å²) in [5.41, 5.74) is 3.98. The number of benzene rings is 3. The molecular formula is C28H24FNO4. The Morgan fingerprint density at radius 2 is 1.76 bits per heavy atom. The van der Waals surface area contributed by atoms with Crippen LogP contribution in [-0.4, -0.2) is 11.7 Å². The van der Waals surface area contributed by atoms with Crippen LogP contribution in [0.1, 0.15) is 56.5 Å². The van der Waals surface area contributed by atoms with Gasteiger partial charge in [-0.1, -0.05) is 29.8 Å². The lowest BCUT2D eigenvalue weighted by atomic mass is 9.84. The maximum absolute atomic E-state index is 13.4. The minimum atomic E-state index is -0.924. The molecule has 1 aliphatic heterocycles. The maximum Gasteiger partial charge on any atom is 0.291 e. The van der Waals surface area contributed by atoms with Gasteiger partial charge in [-0.25, -0.2) is 4.39 Å². The van der Waals surface area contributed by atoms with Gasteiger partial charge in [-0.3, -0.25) is 9.59 Å². The third-order valence-corrected chi connectivity index (χ3v) is 6.46. The molecule has 0 saturated carbocycles. The van der Waals surface area contributed by atoms with E-state index in [0.717, 1.165) is 11.1 Å². The summed E-state index contributed by atoms with van der Waals surface area (Å²) in [7, 11) is 0. The predicted octanol–water partition coefficient (Wildman–Crippen LogP) is 6.63. The summed E-state index contributed by atoms with van der Waals surface area (Å²) < 4.78 is 25.6. The number of halogens is 1. The van der Waals surface area contributed by atoms with Crippen molar-refractivity contribution >= 4 is 28.3 Å². The largest absolute Gasteiger partial charge is 0.482 e. The number of Topliss-reactive ketones (excluding diaryl/α,β-unsaturated/α-hetero) is 1. The Kier molecular flexibility index (Phi) is 5.04. The van der Waals surface area contributed by atoms with Crippen LogP contribution in [0.4, 0.5) is 10.1 Å². The van der Waals surface area contributed by atoms with E-state index in [2.05, 4.69) is 5.32 Å². The number of carbonyl (C=O) groups is 2. The van der Waals surface area contributed by atoms with E-state index in [0.29, 0.717) is 39.1 Å². The van der Waals surface area contributed by atoms with E-state index in [1.807, 2.05) is 39.0 Å². The van der Waals surface area contributed by atoms with E-state index < -0.39 is 5.60 Å². The molecule has 0 spiro atoms.